The van der Waals surface area contributed by atoms with E-state index in [4.69, 9.17) is 4.42 Å². The van der Waals surface area contributed by atoms with Crippen molar-refractivity contribution in [2.24, 2.45) is 0 Å². The van der Waals surface area contributed by atoms with Crippen molar-refractivity contribution in [2.75, 3.05) is 6.54 Å². The average molecular weight is 270 g/mol. The number of furan rings is 1. The van der Waals surface area contributed by atoms with Gasteiger partial charge in [-0.2, -0.15) is 0 Å². The Labute approximate surface area is 120 Å². The monoisotopic (exact) mass is 270 g/mol. The van der Waals surface area contributed by atoms with Crippen LogP contribution in [0, 0.1) is 0 Å². The molecule has 2 atom stereocenters. The standard InChI is InChI=1S/C17H22N2O/c1-13(11-15-6-4-10-20-15)19-17-8-9-18-12-14-5-2-3-7-16(14)17/h2-7,10,13,17-19H,8-9,11-12H2,1H3. The molecule has 0 spiro atoms. The zero-order chi connectivity index (χ0) is 13.8. The van der Waals surface area contributed by atoms with E-state index >= 15 is 0 Å². The van der Waals surface area contributed by atoms with Crippen molar-refractivity contribution in [1.29, 1.82) is 0 Å². The molecule has 1 aromatic carbocycles. The lowest BCUT2D eigenvalue weighted by Crippen LogP contribution is -2.33. The van der Waals surface area contributed by atoms with Gasteiger partial charge < -0.3 is 15.1 Å². The van der Waals surface area contributed by atoms with Gasteiger partial charge in [0.15, 0.2) is 0 Å². The second kappa shape index (κ2) is 6.25. The van der Waals surface area contributed by atoms with Crippen molar-refractivity contribution < 1.29 is 4.42 Å². The molecule has 1 aliphatic rings. The number of hydrogen-bond donors (Lipinski definition) is 2. The quantitative estimate of drug-likeness (QED) is 0.896. The molecule has 20 heavy (non-hydrogen) atoms. The summed E-state index contributed by atoms with van der Waals surface area (Å²) in [6.07, 6.45) is 3.80. The van der Waals surface area contributed by atoms with E-state index < -0.39 is 0 Å². The predicted octanol–water partition coefficient (Wildman–Crippen LogP) is 3.03. The summed E-state index contributed by atoms with van der Waals surface area (Å²) >= 11 is 0. The van der Waals surface area contributed by atoms with E-state index in [2.05, 4.69) is 41.8 Å². The molecular formula is C17H22N2O. The number of benzene rings is 1. The SMILES string of the molecule is CC(Cc1ccco1)NC1CCNCc2ccccc21. The Kier molecular flexibility index (Phi) is 4.19. The smallest absolute Gasteiger partial charge is 0.105 e. The van der Waals surface area contributed by atoms with Crippen LogP contribution < -0.4 is 10.6 Å². The van der Waals surface area contributed by atoms with Gasteiger partial charge >= 0.3 is 0 Å². The van der Waals surface area contributed by atoms with E-state index in [0.717, 1.165) is 31.7 Å². The van der Waals surface area contributed by atoms with Gasteiger partial charge in [0, 0.05) is 25.0 Å². The zero-order valence-electron chi connectivity index (χ0n) is 11.9. The van der Waals surface area contributed by atoms with Crippen LogP contribution >= 0.6 is 0 Å². The van der Waals surface area contributed by atoms with E-state index in [1.807, 2.05) is 12.1 Å². The second-order valence-corrected chi connectivity index (χ2v) is 5.57. The van der Waals surface area contributed by atoms with Gasteiger partial charge in [0.25, 0.3) is 0 Å². The second-order valence-electron chi connectivity index (χ2n) is 5.57. The summed E-state index contributed by atoms with van der Waals surface area (Å²) in [7, 11) is 0. The lowest BCUT2D eigenvalue weighted by atomic mass is 9.98. The average Bonchev–Trinajstić information content (AvgIpc) is 2.87. The van der Waals surface area contributed by atoms with Gasteiger partial charge in [-0.15, -0.1) is 0 Å². The summed E-state index contributed by atoms with van der Waals surface area (Å²) in [6.45, 7) is 4.25. The zero-order valence-corrected chi connectivity index (χ0v) is 11.9. The fraction of sp³-hybridized carbons (Fsp3) is 0.412. The third kappa shape index (κ3) is 3.11. The summed E-state index contributed by atoms with van der Waals surface area (Å²) in [6, 6.07) is 13.5. The Morgan fingerprint density at radius 3 is 3.05 bits per heavy atom. The number of rotatable bonds is 4. The molecular weight excluding hydrogens is 248 g/mol. The van der Waals surface area contributed by atoms with E-state index in [1.54, 1.807) is 6.26 Å². The third-order valence-corrected chi connectivity index (χ3v) is 3.93. The van der Waals surface area contributed by atoms with Crippen molar-refractivity contribution in [1.82, 2.24) is 10.6 Å². The molecule has 2 aromatic rings. The highest BCUT2D eigenvalue weighted by atomic mass is 16.3. The molecule has 3 nitrogen and oxygen atoms in total. The lowest BCUT2D eigenvalue weighted by Gasteiger charge is -2.23. The van der Waals surface area contributed by atoms with Crippen LogP contribution in [0.15, 0.2) is 47.1 Å². The van der Waals surface area contributed by atoms with Crippen LogP contribution in [-0.4, -0.2) is 12.6 Å². The third-order valence-electron chi connectivity index (χ3n) is 3.93. The van der Waals surface area contributed by atoms with E-state index in [9.17, 15) is 0 Å². The molecule has 0 amide bonds. The van der Waals surface area contributed by atoms with Crippen LogP contribution in [-0.2, 0) is 13.0 Å². The highest BCUT2D eigenvalue weighted by molar-refractivity contribution is 5.31. The topological polar surface area (TPSA) is 37.2 Å². The maximum Gasteiger partial charge on any atom is 0.105 e. The first-order chi connectivity index (χ1) is 9.83. The molecule has 0 aliphatic carbocycles. The van der Waals surface area contributed by atoms with E-state index in [-0.39, 0.29) is 0 Å². The van der Waals surface area contributed by atoms with Crippen LogP contribution in [0.25, 0.3) is 0 Å². The van der Waals surface area contributed by atoms with Gasteiger partial charge in [-0.3, -0.25) is 0 Å². The molecule has 0 bridgehead atoms. The molecule has 1 aliphatic heterocycles. The van der Waals surface area contributed by atoms with Gasteiger partial charge in [0.1, 0.15) is 5.76 Å². The summed E-state index contributed by atoms with van der Waals surface area (Å²) in [5.41, 5.74) is 2.84. The number of fused-ring (bicyclic) bond motifs is 1. The molecule has 3 heteroatoms. The minimum atomic E-state index is 0.400. The highest BCUT2D eigenvalue weighted by Gasteiger charge is 2.19. The largest absolute Gasteiger partial charge is 0.469 e. The van der Waals surface area contributed by atoms with Crippen LogP contribution in [0.3, 0.4) is 0 Å². The van der Waals surface area contributed by atoms with Crippen LogP contribution in [0.2, 0.25) is 0 Å². The molecule has 0 radical (unpaired) electrons. The molecule has 0 saturated heterocycles. The first-order valence-corrected chi connectivity index (χ1v) is 7.40. The van der Waals surface area contributed by atoms with Crippen LogP contribution in [0.4, 0.5) is 0 Å². The van der Waals surface area contributed by atoms with Gasteiger partial charge in [-0.1, -0.05) is 24.3 Å². The van der Waals surface area contributed by atoms with E-state index in [1.165, 1.54) is 11.1 Å². The van der Waals surface area contributed by atoms with Crippen molar-refractivity contribution >= 4 is 0 Å². The number of nitrogens with one attached hydrogen (secondary N) is 2. The minimum absolute atomic E-state index is 0.400. The minimum Gasteiger partial charge on any atom is -0.469 e. The predicted molar refractivity (Wildman–Crippen MR) is 80.5 cm³/mol. The van der Waals surface area contributed by atoms with Crippen molar-refractivity contribution in [3.63, 3.8) is 0 Å². The Morgan fingerprint density at radius 1 is 1.30 bits per heavy atom. The molecule has 2 heterocycles. The summed E-state index contributed by atoms with van der Waals surface area (Å²) in [4.78, 5) is 0. The van der Waals surface area contributed by atoms with Crippen molar-refractivity contribution in [2.45, 2.75) is 38.4 Å². The summed E-state index contributed by atoms with van der Waals surface area (Å²) in [5.74, 6) is 1.05. The van der Waals surface area contributed by atoms with Crippen molar-refractivity contribution in [3.8, 4) is 0 Å². The molecule has 0 saturated carbocycles. The molecule has 3 rings (SSSR count). The van der Waals surface area contributed by atoms with Crippen LogP contribution in [0.1, 0.15) is 36.3 Å². The van der Waals surface area contributed by atoms with E-state index in [0.29, 0.717) is 12.1 Å². The van der Waals surface area contributed by atoms with Crippen LogP contribution in [0.5, 0.6) is 0 Å². The molecule has 106 valence electrons. The Morgan fingerprint density at radius 2 is 2.20 bits per heavy atom. The summed E-state index contributed by atoms with van der Waals surface area (Å²) in [5, 5.41) is 7.25. The first-order valence-electron chi connectivity index (χ1n) is 7.40. The fourth-order valence-corrected chi connectivity index (χ4v) is 2.97. The fourth-order valence-electron chi connectivity index (χ4n) is 2.97. The Hall–Kier alpha value is -1.58. The molecule has 2 unspecified atom stereocenters. The Balaban J connectivity index is 1.70. The van der Waals surface area contributed by atoms with Crippen molar-refractivity contribution in [3.05, 3.63) is 59.5 Å². The lowest BCUT2D eigenvalue weighted by molar-refractivity contribution is 0.404. The number of hydrogen-bond acceptors (Lipinski definition) is 3. The summed E-state index contributed by atoms with van der Waals surface area (Å²) < 4.78 is 5.44. The molecule has 1 aromatic heterocycles. The van der Waals surface area contributed by atoms with Gasteiger partial charge in [-0.25, -0.2) is 0 Å². The normalized spacial score (nSPS) is 20.1. The molecule has 0 fully saturated rings. The maximum absolute atomic E-state index is 5.44. The maximum atomic E-state index is 5.44. The first kappa shape index (κ1) is 13.4. The highest BCUT2D eigenvalue weighted by Crippen LogP contribution is 2.24. The molecule has 2 N–H and O–H groups in total. The van der Waals surface area contributed by atoms with Gasteiger partial charge in [0.2, 0.25) is 0 Å². The van der Waals surface area contributed by atoms with Gasteiger partial charge in [0.05, 0.1) is 6.26 Å². The van der Waals surface area contributed by atoms with Gasteiger partial charge in [-0.05, 0) is 43.1 Å². The Bertz CT molecular complexity index is 536.